The van der Waals surface area contributed by atoms with Gasteiger partial charge in [-0.3, -0.25) is 4.79 Å². The van der Waals surface area contributed by atoms with Gasteiger partial charge in [0.05, 0.1) is 17.5 Å². The van der Waals surface area contributed by atoms with Crippen LogP contribution in [0.4, 0.5) is 0 Å². The monoisotopic (exact) mass is 337 g/mol. The van der Waals surface area contributed by atoms with Crippen molar-refractivity contribution in [3.05, 3.63) is 52.0 Å². The van der Waals surface area contributed by atoms with Crippen LogP contribution in [0.15, 0.2) is 29.1 Å². The SMILES string of the molecule is Cn1nc(Cc2nnc3n2CCCCCCC3)c2ccccc2c1=O. The predicted molar refractivity (Wildman–Crippen MR) is 96.6 cm³/mol. The standard InChI is InChI=1S/C19H23N5O/c1-23-19(25)15-10-7-6-9-14(15)16(22-23)13-18-21-20-17-11-5-3-2-4-8-12-24(17)18/h6-7,9-10H,2-5,8,11-13H2,1H3. The van der Waals surface area contributed by atoms with Crippen molar-refractivity contribution in [3.8, 4) is 0 Å². The third-order valence-electron chi connectivity index (χ3n) is 5.04. The Morgan fingerprint density at radius 1 is 1.00 bits per heavy atom. The van der Waals surface area contributed by atoms with Crippen LogP contribution in [0.25, 0.3) is 10.8 Å². The summed E-state index contributed by atoms with van der Waals surface area (Å²) in [6.45, 7) is 0.974. The number of nitrogens with zero attached hydrogens (tertiary/aromatic N) is 5. The van der Waals surface area contributed by atoms with E-state index in [0.29, 0.717) is 11.8 Å². The van der Waals surface area contributed by atoms with Gasteiger partial charge in [0.15, 0.2) is 0 Å². The molecule has 25 heavy (non-hydrogen) atoms. The minimum Gasteiger partial charge on any atom is -0.315 e. The Labute approximate surface area is 146 Å². The molecule has 2 aromatic heterocycles. The molecule has 1 aromatic carbocycles. The molecule has 0 amide bonds. The number of aryl methyl sites for hydroxylation is 2. The van der Waals surface area contributed by atoms with Crippen LogP contribution in [0.1, 0.15) is 49.4 Å². The maximum absolute atomic E-state index is 12.3. The van der Waals surface area contributed by atoms with Crippen molar-refractivity contribution >= 4 is 10.8 Å². The molecule has 0 fully saturated rings. The molecule has 0 radical (unpaired) electrons. The zero-order valence-corrected chi connectivity index (χ0v) is 14.6. The van der Waals surface area contributed by atoms with E-state index < -0.39 is 0 Å². The van der Waals surface area contributed by atoms with Gasteiger partial charge in [-0.2, -0.15) is 5.10 Å². The first kappa shape index (κ1) is 16.0. The first-order chi connectivity index (χ1) is 12.2. The van der Waals surface area contributed by atoms with Crippen molar-refractivity contribution in [2.45, 2.75) is 51.5 Å². The highest BCUT2D eigenvalue weighted by atomic mass is 16.1. The molecule has 0 spiro atoms. The van der Waals surface area contributed by atoms with Gasteiger partial charge in [-0.1, -0.05) is 37.5 Å². The number of fused-ring (bicyclic) bond motifs is 2. The Bertz CT molecular complexity index is 956. The molecule has 1 aliphatic rings. The van der Waals surface area contributed by atoms with E-state index >= 15 is 0 Å². The molecule has 4 rings (SSSR count). The van der Waals surface area contributed by atoms with Crippen LogP contribution in [-0.2, 0) is 26.4 Å². The first-order valence-corrected chi connectivity index (χ1v) is 9.10. The van der Waals surface area contributed by atoms with Crippen LogP contribution in [0.5, 0.6) is 0 Å². The first-order valence-electron chi connectivity index (χ1n) is 9.10. The van der Waals surface area contributed by atoms with Gasteiger partial charge in [-0.25, -0.2) is 4.68 Å². The maximum atomic E-state index is 12.3. The second-order valence-corrected chi connectivity index (χ2v) is 6.80. The fraction of sp³-hybridized carbons (Fsp3) is 0.474. The largest absolute Gasteiger partial charge is 0.315 e. The smallest absolute Gasteiger partial charge is 0.274 e. The van der Waals surface area contributed by atoms with Gasteiger partial charge in [0.2, 0.25) is 0 Å². The summed E-state index contributed by atoms with van der Waals surface area (Å²) in [6.07, 6.45) is 7.78. The van der Waals surface area contributed by atoms with Crippen LogP contribution >= 0.6 is 0 Å². The minimum absolute atomic E-state index is 0.0626. The Kier molecular flexibility index (Phi) is 4.34. The second kappa shape index (κ2) is 6.78. The molecule has 3 heterocycles. The van der Waals surface area contributed by atoms with E-state index in [1.54, 1.807) is 7.05 Å². The van der Waals surface area contributed by atoms with Gasteiger partial charge in [0, 0.05) is 25.4 Å². The highest BCUT2D eigenvalue weighted by molar-refractivity contribution is 5.83. The van der Waals surface area contributed by atoms with E-state index in [1.165, 1.54) is 36.8 Å². The molecule has 0 aliphatic carbocycles. The highest BCUT2D eigenvalue weighted by Gasteiger charge is 2.16. The summed E-state index contributed by atoms with van der Waals surface area (Å²) in [7, 11) is 1.71. The summed E-state index contributed by atoms with van der Waals surface area (Å²) in [5.74, 6) is 2.04. The molecule has 6 heteroatoms. The molecule has 0 bridgehead atoms. The van der Waals surface area contributed by atoms with E-state index in [2.05, 4.69) is 19.9 Å². The molecule has 1 aliphatic heterocycles. The van der Waals surface area contributed by atoms with E-state index in [1.807, 2.05) is 24.3 Å². The van der Waals surface area contributed by atoms with Crippen LogP contribution in [-0.4, -0.2) is 24.5 Å². The van der Waals surface area contributed by atoms with Gasteiger partial charge in [0.25, 0.3) is 5.56 Å². The fourth-order valence-electron chi connectivity index (χ4n) is 3.69. The summed E-state index contributed by atoms with van der Waals surface area (Å²) in [5, 5.41) is 15.0. The highest BCUT2D eigenvalue weighted by Crippen LogP contribution is 2.19. The molecule has 0 unspecified atom stereocenters. The number of hydrogen-bond donors (Lipinski definition) is 0. The van der Waals surface area contributed by atoms with Crippen molar-refractivity contribution < 1.29 is 0 Å². The molecule has 0 saturated carbocycles. The zero-order valence-electron chi connectivity index (χ0n) is 14.6. The Hall–Kier alpha value is -2.50. The normalized spacial score (nSPS) is 15.4. The number of aromatic nitrogens is 5. The van der Waals surface area contributed by atoms with E-state index in [4.69, 9.17) is 0 Å². The van der Waals surface area contributed by atoms with Crippen LogP contribution < -0.4 is 5.56 Å². The number of rotatable bonds is 2. The van der Waals surface area contributed by atoms with Gasteiger partial charge in [-0.05, 0) is 18.9 Å². The quantitative estimate of drug-likeness (QED) is 0.721. The van der Waals surface area contributed by atoms with E-state index in [0.717, 1.165) is 35.7 Å². The van der Waals surface area contributed by atoms with Crippen molar-refractivity contribution in [1.82, 2.24) is 24.5 Å². The third kappa shape index (κ3) is 3.08. The molecule has 0 N–H and O–H groups in total. The lowest BCUT2D eigenvalue weighted by molar-refractivity contribution is 0.568. The van der Waals surface area contributed by atoms with Crippen molar-refractivity contribution in [1.29, 1.82) is 0 Å². The molecule has 0 saturated heterocycles. The van der Waals surface area contributed by atoms with Crippen molar-refractivity contribution in [3.63, 3.8) is 0 Å². The average Bonchev–Trinajstić information content (AvgIpc) is 3.04. The second-order valence-electron chi connectivity index (χ2n) is 6.80. The van der Waals surface area contributed by atoms with Gasteiger partial charge >= 0.3 is 0 Å². The van der Waals surface area contributed by atoms with Gasteiger partial charge in [0.1, 0.15) is 11.6 Å². The van der Waals surface area contributed by atoms with Gasteiger partial charge < -0.3 is 4.57 Å². The van der Waals surface area contributed by atoms with E-state index in [9.17, 15) is 4.79 Å². The molecular weight excluding hydrogens is 314 g/mol. The fourth-order valence-corrected chi connectivity index (χ4v) is 3.69. The summed E-state index contributed by atoms with van der Waals surface area (Å²) in [6, 6.07) is 7.67. The summed E-state index contributed by atoms with van der Waals surface area (Å²) >= 11 is 0. The van der Waals surface area contributed by atoms with Crippen molar-refractivity contribution in [2.24, 2.45) is 7.05 Å². The molecular formula is C19H23N5O. The Balaban J connectivity index is 1.75. The zero-order chi connectivity index (χ0) is 17.2. The van der Waals surface area contributed by atoms with Crippen LogP contribution in [0.3, 0.4) is 0 Å². The number of benzene rings is 1. The van der Waals surface area contributed by atoms with Crippen LogP contribution in [0, 0.1) is 0 Å². The molecule has 6 nitrogen and oxygen atoms in total. The summed E-state index contributed by atoms with van der Waals surface area (Å²) in [4.78, 5) is 12.3. The summed E-state index contributed by atoms with van der Waals surface area (Å²) < 4.78 is 3.69. The summed E-state index contributed by atoms with van der Waals surface area (Å²) in [5.41, 5.74) is 0.820. The molecule has 3 aromatic rings. The molecule has 130 valence electrons. The molecule has 0 atom stereocenters. The van der Waals surface area contributed by atoms with Gasteiger partial charge in [-0.15, -0.1) is 10.2 Å². The van der Waals surface area contributed by atoms with Crippen LogP contribution in [0.2, 0.25) is 0 Å². The maximum Gasteiger partial charge on any atom is 0.274 e. The lowest BCUT2D eigenvalue weighted by atomic mass is 10.1. The van der Waals surface area contributed by atoms with E-state index in [-0.39, 0.29) is 5.56 Å². The minimum atomic E-state index is -0.0626. The Morgan fingerprint density at radius 3 is 2.64 bits per heavy atom. The lowest BCUT2D eigenvalue weighted by Crippen LogP contribution is -2.22. The Morgan fingerprint density at radius 2 is 1.76 bits per heavy atom. The lowest BCUT2D eigenvalue weighted by Gasteiger charge is -2.11. The number of hydrogen-bond acceptors (Lipinski definition) is 4. The van der Waals surface area contributed by atoms with Crippen molar-refractivity contribution in [2.75, 3.05) is 0 Å². The third-order valence-corrected chi connectivity index (χ3v) is 5.04. The average molecular weight is 337 g/mol. The predicted octanol–water partition coefficient (Wildman–Crippen LogP) is 2.62. The topological polar surface area (TPSA) is 65.6 Å².